The lowest BCUT2D eigenvalue weighted by molar-refractivity contribution is -0.137. The largest absolute Gasteiger partial charge is 0.507 e. The standard InChI is InChI=1S/C20H25N3O6/c1-2-3-4-5-9-16-21-15(12-23(16)11-10-17(25)26)22-19(27)13-7-6-8-14(24)18(13)20(28)29/h6-8,12,24H,2-5,9-11H2,1H3,(H,22,27)(H,25,26)(H,28,29). The Kier molecular flexibility index (Phi) is 7.76. The van der Waals surface area contributed by atoms with Gasteiger partial charge in [-0.15, -0.1) is 0 Å². The van der Waals surface area contributed by atoms with Gasteiger partial charge in [-0.3, -0.25) is 9.59 Å². The number of aromatic nitrogens is 2. The third kappa shape index (κ3) is 6.06. The first-order valence-corrected chi connectivity index (χ1v) is 9.48. The lowest BCUT2D eigenvalue weighted by atomic mass is 10.1. The average Bonchev–Trinajstić information content (AvgIpc) is 3.04. The molecule has 9 heteroatoms. The zero-order chi connectivity index (χ0) is 21.4. The van der Waals surface area contributed by atoms with Crippen molar-refractivity contribution in [3.05, 3.63) is 41.3 Å². The number of carbonyl (C=O) groups excluding carboxylic acids is 1. The molecule has 0 aliphatic carbocycles. The van der Waals surface area contributed by atoms with Gasteiger partial charge in [-0.25, -0.2) is 9.78 Å². The molecule has 1 aromatic carbocycles. The minimum absolute atomic E-state index is 0.0819. The van der Waals surface area contributed by atoms with E-state index in [9.17, 15) is 24.6 Å². The maximum Gasteiger partial charge on any atom is 0.340 e. The van der Waals surface area contributed by atoms with Crippen LogP contribution in [0.1, 0.15) is 65.6 Å². The maximum atomic E-state index is 12.5. The first kappa shape index (κ1) is 21.9. The van der Waals surface area contributed by atoms with Crippen LogP contribution in [0.5, 0.6) is 5.75 Å². The van der Waals surface area contributed by atoms with Crippen LogP contribution in [0.25, 0.3) is 0 Å². The van der Waals surface area contributed by atoms with Gasteiger partial charge in [0.25, 0.3) is 5.91 Å². The number of benzene rings is 1. The van der Waals surface area contributed by atoms with E-state index in [4.69, 9.17) is 5.11 Å². The molecule has 2 rings (SSSR count). The van der Waals surface area contributed by atoms with Gasteiger partial charge in [0.05, 0.1) is 12.0 Å². The predicted molar refractivity (Wildman–Crippen MR) is 105 cm³/mol. The fourth-order valence-corrected chi connectivity index (χ4v) is 2.97. The Balaban J connectivity index is 2.21. The highest BCUT2D eigenvalue weighted by atomic mass is 16.4. The van der Waals surface area contributed by atoms with Crippen molar-refractivity contribution in [2.75, 3.05) is 5.32 Å². The number of anilines is 1. The van der Waals surface area contributed by atoms with E-state index < -0.39 is 29.2 Å². The summed E-state index contributed by atoms with van der Waals surface area (Å²) in [4.78, 5) is 39.2. The number of aliphatic carboxylic acids is 1. The average molecular weight is 403 g/mol. The summed E-state index contributed by atoms with van der Waals surface area (Å²) in [6.45, 7) is 2.32. The number of carboxylic acids is 2. The molecule has 29 heavy (non-hydrogen) atoms. The minimum Gasteiger partial charge on any atom is -0.507 e. The zero-order valence-corrected chi connectivity index (χ0v) is 16.2. The number of imidazole rings is 1. The van der Waals surface area contributed by atoms with Gasteiger partial charge in [0, 0.05) is 19.2 Å². The molecule has 1 heterocycles. The number of phenols is 1. The van der Waals surface area contributed by atoms with E-state index in [1.165, 1.54) is 18.2 Å². The third-order valence-electron chi connectivity index (χ3n) is 4.42. The topological polar surface area (TPSA) is 142 Å². The van der Waals surface area contributed by atoms with Crippen molar-refractivity contribution in [2.24, 2.45) is 0 Å². The Morgan fingerprint density at radius 3 is 2.55 bits per heavy atom. The van der Waals surface area contributed by atoms with Gasteiger partial charge in [0.15, 0.2) is 5.82 Å². The van der Waals surface area contributed by atoms with Crippen LogP contribution < -0.4 is 5.32 Å². The molecule has 0 atom stereocenters. The lowest BCUT2D eigenvalue weighted by Crippen LogP contribution is -2.16. The Morgan fingerprint density at radius 2 is 1.90 bits per heavy atom. The number of aromatic hydroxyl groups is 1. The molecule has 156 valence electrons. The summed E-state index contributed by atoms with van der Waals surface area (Å²) in [6.07, 6.45) is 6.19. The lowest BCUT2D eigenvalue weighted by Gasteiger charge is -2.07. The van der Waals surface area contributed by atoms with Crippen molar-refractivity contribution in [1.29, 1.82) is 0 Å². The van der Waals surface area contributed by atoms with E-state index in [0.717, 1.165) is 25.7 Å². The number of hydrogen-bond donors (Lipinski definition) is 4. The fourth-order valence-electron chi connectivity index (χ4n) is 2.97. The van der Waals surface area contributed by atoms with E-state index in [-0.39, 0.29) is 24.3 Å². The van der Waals surface area contributed by atoms with Crippen molar-refractivity contribution in [2.45, 2.75) is 52.0 Å². The van der Waals surface area contributed by atoms with Gasteiger partial charge >= 0.3 is 11.9 Å². The quantitative estimate of drug-likeness (QED) is 0.422. The molecular formula is C20H25N3O6. The molecule has 0 unspecified atom stereocenters. The van der Waals surface area contributed by atoms with Crippen LogP contribution in [0.15, 0.2) is 24.4 Å². The number of hydrogen-bond acceptors (Lipinski definition) is 5. The summed E-state index contributed by atoms with van der Waals surface area (Å²) < 4.78 is 1.69. The Hall–Kier alpha value is -3.36. The van der Waals surface area contributed by atoms with E-state index in [1.54, 1.807) is 10.8 Å². The molecule has 9 nitrogen and oxygen atoms in total. The van der Waals surface area contributed by atoms with E-state index in [1.807, 2.05) is 0 Å². The predicted octanol–water partition coefficient (Wildman–Crippen LogP) is 3.14. The van der Waals surface area contributed by atoms with Gasteiger partial charge in [0.2, 0.25) is 0 Å². The summed E-state index contributed by atoms with van der Waals surface area (Å²) in [5, 5.41) is 30.5. The first-order valence-electron chi connectivity index (χ1n) is 9.48. The SMILES string of the molecule is CCCCCCc1nc(NC(=O)c2cccc(O)c2C(=O)O)cn1CCC(=O)O. The van der Waals surface area contributed by atoms with Crippen molar-refractivity contribution in [1.82, 2.24) is 9.55 Å². The normalized spacial score (nSPS) is 10.7. The van der Waals surface area contributed by atoms with Crippen LogP contribution >= 0.6 is 0 Å². The molecule has 0 fully saturated rings. The van der Waals surface area contributed by atoms with Crippen LogP contribution in [0, 0.1) is 0 Å². The highest BCUT2D eigenvalue weighted by molar-refractivity contribution is 6.11. The number of unbranched alkanes of at least 4 members (excludes halogenated alkanes) is 3. The van der Waals surface area contributed by atoms with E-state index >= 15 is 0 Å². The van der Waals surface area contributed by atoms with Crippen molar-refractivity contribution < 1.29 is 29.7 Å². The molecule has 0 saturated heterocycles. The van der Waals surface area contributed by atoms with Crippen LogP contribution in [0.2, 0.25) is 0 Å². The van der Waals surface area contributed by atoms with E-state index in [2.05, 4.69) is 17.2 Å². The number of carbonyl (C=O) groups is 3. The van der Waals surface area contributed by atoms with Crippen LogP contribution in [0.3, 0.4) is 0 Å². The number of aromatic carboxylic acids is 1. The van der Waals surface area contributed by atoms with Crippen LogP contribution in [-0.2, 0) is 17.8 Å². The Labute approximate surface area is 168 Å². The van der Waals surface area contributed by atoms with Gasteiger partial charge in [-0.2, -0.15) is 0 Å². The van der Waals surface area contributed by atoms with Crippen LogP contribution in [0.4, 0.5) is 5.82 Å². The highest BCUT2D eigenvalue weighted by Gasteiger charge is 2.21. The molecule has 0 spiro atoms. The number of nitrogens with zero attached hydrogens (tertiary/aromatic N) is 2. The second-order valence-electron chi connectivity index (χ2n) is 6.65. The third-order valence-corrected chi connectivity index (χ3v) is 4.42. The summed E-state index contributed by atoms with van der Waals surface area (Å²) in [5.41, 5.74) is -0.683. The van der Waals surface area contributed by atoms with Crippen molar-refractivity contribution >= 4 is 23.7 Å². The number of rotatable bonds is 11. The first-order chi connectivity index (χ1) is 13.8. The molecular weight excluding hydrogens is 378 g/mol. The number of nitrogens with one attached hydrogen (secondary N) is 1. The molecule has 0 saturated carbocycles. The summed E-state index contributed by atoms with van der Waals surface area (Å²) in [5.74, 6) is -2.73. The monoisotopic (exact) mass is 403 g/mol. The zero-order valence-electron chi connectivity index (χ0n) is 16.2. The maximum absolute atomic E-state index is 12.5. The summed E-state index contributed by atoms with van der Waals surface area (Å²) in [7, 11) is 0. The number of carboxylic acid groups (broad SMARTS) is 2. The minimum atomic E-state index is -1.42. The number of aryl methyl sites for hydroxylation is 2. The highest BCUT2D eigenvalue weighted by Crippen LogP contribution is 2.22. The molecule has 0 bridgehead atoms. The second-order valence-corrected chi connectivity index (χ2v) is 6.65. The Bertz CT molecular complexity index is 890. The van der Waals surface area contributed by atoms with Crippen molar-refractivity contribution in [3.8, 4) is 5.75 Å². The van der Waals surface area contributed by atoms with Crippen LogP contribution in [-0.4, -0.2) is 42.7 Å². The second kappa shape index (κ2) is 10.3. The van der Waals surface area contributed by atoms with Crippen molar-refractivity contribution in [3.63, 3.8) is 0 Å². The molecule has 0 aliphatic rings. The van der Waals surface area contributed by atoms with Gasteiger partial charge in [0.1, 0.15) is 17.1 Å². The van der Waals surface area contributed by atoms with E-state index in [0.29, 0.717) is 12.2 Å². The summed E-state index contributed by atoms with van der Waals surface area (Å²) >= 11 is 0. The smallest absolute Gasteiger partial charge is 0.340 e. The molecule has 2 aromatic rings. The molecule has 1 aromatic heterocycles. The Morgan fingerprint density at radius 1 is 1.14 bits per heavy atom. The molecule has 0 radical (unpaired) electrons. The fraction of sp³-hybridized carbons (Fsp3) is 0.400. The van der Waals surface area contributed by atoms with Gasteiger partial charge < -0.3 is 25.2 Å². The van der Waals surface area contributed by atoms with Gasteiger partial charge in [-0.1, -0.05) is 32.3 Å². The molecule has 4 N–H and O–H groups in total. The summed E-state index contributed by atoms with van der Waals surface area (Å²) in [6, 6.07) is 3.86. The molecule has 1 amide bonds. The van der Waals surface area contributed by atoms with Gasteiger partial charge in [-0.05, 0) is 18.6 Å². The molecule has 0 aliphatic heterocycles. The number of amides is 1.